The van der Waals surface area contributed by atoms with Crippen LogP contribution in [0.1, 0.15) is 26.7 Å². The fourth-order valence-corrected chi connectivity index (χ4v) is 5.35. The number of nitrogens with zero attached hydrogens (tertiary/aromatic N) is 3. The van der Waals surface area contributed by atoms with E-state index in [1.165, 1.54) is 14.7 Å². The van der Waals surface area contributed by atoms with Crippen LogP contribution in [0.25, 0.3) is 0 Å². The predicted molar refractivity (Wildman–Crippen MR) is 195 cm³/mol. The van der Waals surface area contributed by atoms with Crippen molar-refractivity contribution >= 4 is 60.5 Å². The van der Waals surface area contributed by atoms with E-state index < -0.39 is 105 Å². The molecule has 0 aromatic heterocycles. The van der Waals surface area contributed by atoms with Crippen molar-refractivity contribution in [2.75, 3.05) is 98.2 Å². The Balaban J connectivity index is 2.36. The molecule has 12 N–H and O–H groups in total. The van der Waals surface area contributed by atoms with E-state index in [1.807, 2.05) is 0 Å². The van der Waals surface area contributed by atoms with E-state index in [4.69, 9.17) is 10.2 Å². The summed E-state index contributed by atoms with van der Waals surface area (Å²) in [6.45, 7) is 1.55. The van der Waals surface area contributed by atoms with Gasteiger partial charge in [0.05, 0.1) is 58.3 Å². The fourth-order valence-electron chi connectivity index (χ4n) is 5.35. The van der Waals surface area contributed by atoms with Gasteiger partial charge in [-0.2, -0.15) is 0 Å². The molecule has 0 aliphatic carbocycles. The van der Waals surface area contributed by atoms with Gasteiger partial charge in [-0.25, -0.2) is 0 Å². The zero-order chi connectivity index (χ0) is 42.2. The van der Waals surface area contributed by atoms with Crippen LogP contribution in [0.2, 0.25) is 0 Å². The molecule has 2 atom stereocenters. The normalized spacial score (nSPS) is 14.3. The number of hydrogen-bond acceptors (Lipinski definition) is 15. The lowest BCUT2D eigenvalue weighted by Gasteiger charge is -2.26. The van der Waals surface area contributed by atoms with Gasteiger partial charge in [-0.15, -0.1) is 0 Å². The number of carboxylic acids is 3. The first-order valence-electron chi connectivity index (χ1n) is 17.9. The SMILES string of the molecule is CC(C)C(NC(=O)CNC(=O)CNC(=O)CNC(=O)CNCCN(CCN(CCNCC(=O)O)CC(=O)O)CC(=O)O)C(=O)NCC(=O)N1CCC[C@H]1B(O)O. The Morgan fingerprint density at radius 2 is 1.12 bits per heavy atom. The lowest BCUT2D eigenvalue weighted by Crippen LogP contribution is -2.54. The molecule has 0 saturated carbocycles. The molecular formula is C31H55BN10O14. The zero-order valence-electron chi connectivity index (χ0n) is 31.6. The number of carbonyl (C=O) groups excluding carboxylic acids is 6. The molecule has 6 amide bonds. The number of aliphatic carboxylic acids is 3. The second-order valence-electron chi connectivity index (χ2n) is 13.1. The third kappa shape index (κ3) is 21.8. The highest BCUT2D eigenvalue weighted by Gasteiger charge is 2.37. The quantitative estimate of drug-likeness (QED) is 0.0247. The topological polar surface area (TPSA) is 349 Å². The number of rotatable bonds is 29. The molecule has 1 rings (SSSR count). The molecule has 1 fully saturated rings. The highest BCUT2D eigenvalue weighted by Crippen LogP contribution is 2.17. The summed E-state index contributed by atoms with van der Waals surface area (Å²) in [5, 5.41) is 63.3. The Morgan fingerprint density at radius 3 is 1.59 bits per heavy atom. The van der Waals surface area contributed by atoms with Crippen molar-refractivity contribution in [1.29, 1.82) is 0 Å². The number of hydrogen-bond donors (Lipinski definition) is 12. The minimum absolute atomic E-state index is 0.165. The third-order valence-electron chi connectivity index (χ3n) is 8.20. The van der Waals surface area contributed by atoms with Gasteiger partial charge in [0, 0.05) is 45.8 Å². The van der Waals surface area contributed by atoms with Crippen LogP contribution in [0, 0.1) is 5.92 Å². The van der Waals surface area contributed by atoms with E-state index in [-0.39, 0.29) is 65.4 Å². The van der Waals surface area contributed by atoms with Crippen molar-refractivity contribution in [3.63, 3.8) is 0 Å². The Kier molecular flexibility index (Phi) is 23.5. The van der Waals surface area contributed by atoms with Crippen LogP contribution in [-0.4, -0.2) is 211 Å². The molecule has 0 bridgehead atoms. The van der Waals surface area contributed by atoms with Gasteiger partial charge in [-0.3, -0.25) is 53.0 Å². The summed E-state index contributed by atoms with van der Waals surface area (Å²) in [5.41, 5.74) is 0. The van der Waals surface area contributed by atoms with Gasteiger partial charge in [0.15, 0.2) is 0 Å². The number of carbonyl (C=O) groups is 9. The van der Waals surface area contributed by atoms with E-state index in [0.29, 0.717) is 19.4 Å². The predicted octanol–water partition coefficient (Wildman–Crippen LogP) is -7.37. The minimum Gasteiger partial charge on any atom is -0.480 e. The smallest absolute Gasteiger partial charge is 0.475 e. The van der Waals surface area contributed by atoms with Crippen LogP contribution < -0.4 is 37.2 Å². The minimum atomic E-state index is -1.70. The lowest BCUT2D eigenvalue weighted by atomic mass is 9.78. The molecule has 56 heavy (non-hydrogen) atoms. The van der Waals surface area contributed by atoms with Crippen LogP contribution in [0.15, 0.2) is 0 Å². The first-order valence-corrected chi connectivity index (χ1v) is 17.9. The molecular weight excluding hydrogens is 747 g/mol. The summed E-state index contributed by atoms with van der Waals surface area (Å²) in [6, 6.07) is -1.06. The van der Waals surface area contributed by atoms with Crippen LogP contribution >= 0.6 is 0 Å². The third-order valence-corrected chi connectivity index (χ3v) is 8.20. The molecule has 316 valence electrons. The van der Waals surface area contributed by atoms with E-state index in [2.05, 4.69) is 37.2 Å². The van der Waals surface area contributed by atoms with Crippen LogP contribution in [0.5, 0.6) is 0 Å². The average Bonchev–Trinajstić information content (AvgIpc) is 3.62. The molecule has 1 aliphatic heterocycles. The Bertz CT molecular complexity index is 1360. The zero-order valence-corrected chi connectivity index (χ0v) is 31.6. The molecule has 0 spiro atoms. The number of nitrogens with one attached hydrogen (secondary N) is 7. The van der Waals surface area contributed by atoms with Crippen molar-refractivity contribution in [3.8, 4) is 0 Å². The van der Waals surface area contributed by atoms with Gasteiger partial charge in [0.25, 0.3) is 0 Å². The number of carboxylic acid groups (broad SMARTS) is 3. The molecule has 1 unspecified atom stereocenters. The van der Waals surface area contributed by atoms with Crippen LogP contribution in [0.4, 0.5) is 0 Å². The second kappa shape index (κ2) is 26.8. The molecule has 25 heteroatoms. The highest BCUT2D eigenvalue weighted by atomic mass is 16.4. The summed E-state index contributed by atoms with van der Waals surface area (Å²) >= 11 is 0. The Morgan fingerprint density at radius 1 is 0.643 bits per heavy atom. The van der Waals surface area contributed by atoms with Gasteiger partial charge in [-0.1, -0.05) is 13.8 Å². The summed E-state index contributed by atoms with van der Waals surface area (Å²) in [4.78, 5) is 112. The van der Waals surface area contributed by atoms with Crippen molar-refractivity contribution in [2.24, 2.45) is 5.92 Å². The standard InChI is InChI=1S/C31H55BN10O14/c1-20(2)30(31(54)38-16-26(47)42-7-3-4-21(42)32(55)56)39-25(46)15-37-24(45)14-36-23(44)13-35-22(43)12-33-5-8-40(18-28(50)51)10-11-41(19-29(52)53)9-6-34-17-27(48)49/h20-21,30,33-34,55-56H,3-19H2,1-2H3,(H,35,43)(H,36,44)(H,37,45)(H,38,54)(H,39,46)(H,48,49)(H,50,51)(H,52,53)/t21-,30?/m0/s1. The number of likely N-dealkylation sites (tertiary alicyclic amines) is 1. The molecule has 0 radical (unpaired) electrons. The van der Waals surface area contributed by atoms with E-state index in [9.17, 15) is 58.3 Å². The van der Waals surface area contributed by atoms with Gasteiger partial charge >= 0.3 is 25.0 Å². The number of amides is 6. The first-order chi connectivity index (χ1) is 26.4. The molecule has 0 aromatic rings. The lowest BCUT2D eigenvalue weighted by molar-refractivity contribution is -0.140. The summed E-state index contributed by atoms with van der Waals surface area (Å²) < 4.78 is 0. The molecule has 1 heterocycles. The van der Waals surface area contributed by atoms with E-state index in [1.54, 1.807) is 13.8 Å². The highest BCUT2D eigenvalue weighted by molar-refractivity contribution is 6.43. The van der Waals surface area contributed by atoms with E-state index in [0.717, 1.165) is 0 Å². The van der Waals surface area contributed by atoms with Crippen LogP contribution in [-0.2, 0) is 43.2 Å². The van der Waals surface area contributed by atoms with Crippen molar-refractivity contribution in [1.82, 2.24) is 51.9 Å². The van der Waals surface area contributed by atoms with Crippen molar-refractivity contribution in [3.05, 3.63) is 0 Å². The van der Waals surface area contributed by atoms with Crippen molar-refractivity contribution < 1.29 is 68.5 Å². The first kappa shape index (κ1) is 49.1. The fraction of sp³-hybridized carbons (Fsp3) is 0.710. The summed E-state index contributed by atoms with van der Waals surface area (Å²) in [6.07, 6.45) is 0.997. The largest absolute Gasteiger partial charge is 0.480 e. The average molecular weight is 803 g/mol. The molecule has 1 saturated heterocycles. The van der Waals surface area contributed by atoms with E-state index >= 15 is 0 Å². The van der Waals surface area contributed by atoms with Crippen molar-refractivity contribution in [2.45, 2.75) is 38.7 Å². The monoisotopic (exact) mass is 802 g/mol. The maximum absolute atomic E-state index is 12.7. The summed E-state index contributed by atoms with van der Waals surface area (Å²) in [5.74, 6) is -8.38. The van der Waals surface area contributed by atoms with Crippen LogP contribution in [0.3, 0.4) is 0 Å². The Hall–Kier alpha value is -4.95. The second-order valence-corrected chi connectivity index (χ2v) is 13.1. The maximum atomic E-state index is 12.7. The maximum Gasteiger partial charge on any atom is 0.475 e. The van der Waals surface area contributed by atoms with Gasteiger partial charge in [-0.05, 0) is 18.8 Å². The van der Waals surface area contributed by atoms with Gasteiger partial charge in [0.1, 0.15) is 6.04 Å². The molecule has 1 aliphatic rings. The summed E-state index contributed by atoms with van der Waals surface area (Å²) in [7, 11) is -1.70. The van der Waals surface area contributed by atoms with Gasteiger partial charge in [0.2, 0.25) is 35.4 Å². The van der Waals surface area contributed by atoms with Gasteiger partial charge < -0.3 is 67.5 Å². The Labute approximate surface area is 323 Å². The molecule has 0 aromatic carbocycles. The molecule has 24 nitrogen and oxygen atoms in total.